The third-order valence-electron chi connectivity index (χ3n) is 4.39. The minimum Gasteiger partial charge on any atom is -0.394 e. The highest BCUT2D eigenvalue weighted by molar-refractivity contribution is 5.97. The Bertz CT molecular complexity index is 480. The Kier molecular flexibility index (Phi) is 3.29. The summed E-state index contributed by atoms with van der Waals surface area (Å²) in [5.74, 6) is 0.0535. The van der Waals surface area contributed by atoms with Gasteiger partial charge in [-0.15, -0.1) is 0 Å². The number of aliphatic hydroxyl groups is 1. The molecule has 1 N–H and O–H groups in total. The van der Waals surface area contributed by atoms with Crippen LogP contribution in [0.25, 0.3) is 0 Å². The highest BCUT2D eigenvalue weighted by atomic mass is 16.5. The summed E-state index contributed by atoms with van der Waals surface area (Å²) in [5, 5.41) is 9.81. The lowest BCUT2D eigenvalue weighted by Crippen LogP contribution is -2.59. The Morgan fingerprint density at radius 1 is 1.26 bits per heavy atom. The molecule has 0 radical (unpaired) electrons. The first-order valence-corrected chi connectivity index (χ1v) is 6.85. The van der Waals surface area contributed by atoms with Crippen molar-refractivity contribution >= 4 is 5.91 Å². The Balaban J connectivity index is 1.92. The summed E-state index contributed by atoms with van der Waals surface area (Å²) >= 11 is 0. The van der Waals surface area contributed by atoms with Gasteiger partial charge in [0.15, 0.2) is 0 Å². The molecule has 102 valence electrons. The van der Waals surface area contributed by atoms with Crippen molar-refractivity contribution in [3.8, 4) is 0 Å². The molecule has 2 aliphatic rings. The standard InChI is InChI=1S/C15H19NO3/c17-11-15(6-9-19-10-7-15)16-8-5-12-3-1-2-4-13(12)14(16)18/h1-4,17H,5-11H2. The molecule has 1 saturated heterocycles. The van der Waals surface area contributed by atoms with E-state index in [1.165, 1.54) is 0 Å². The monoisotopic (exact) mass is 261 g/mol. The van der Waals surface area contributed by atoms with E-state index in [1.807, 2.05) is 29.2 Å². The van der Waals surface area contributed by atoms with Crippen LogP contribution in [0.5, 0.6) is 0 Å². The first-order chi connectivity index (χ1) is 9.27. The van der Waals surface area contributed by atoms with Crippen molar-refractivity contribution in [2.24, 2.45) is 0 Å². The molecule has 4 heteroatoms. The molecule has 2 heterocycles. The summed E-state index contributed by atoms with van der Waals surface area (Å²) in [5.41, 5.74) is 1.47. The van der Waals surface area contributed by atoms with E-state index in [0.29, 0.717) is 19.8 Å². The lowest BCUT2D eigenvalue weighted by atomic mass is 9.85. The number of amides is 1. The van der Waals surface area contributed by atoms with E-state index >= 15 is 0 Å². The van der Waals surface area contributed by atoms with Crippen LogP contribution in [0.4, 0.5) is 0 Å². The van der Waals surface area contributed by atoms with Crippen LogP contribution in [0.1, 0.15) is 28.8 Å². The van der Waals surface area contributed by atoms with E-state index in [0.717, 1.165) is 30.4 Å². The molecular formula is C15H19NO3. The van der Waals surface area contributed by atoms with E-state index in [-0.39, 0.29) is 12.5 Å². The van der Waals surface area contributed by atoms with Crippen molar-refractivity contribution in [1.29, 1.82) is 0 Å². The van der Waals surface area contributed by atoms with Crippen molar-refractivity contribution in [3.05, 3.63) is 35.4 Å². The van der Waals surface area contributed by atoms with E-state index in [2.05, 4.69) is 0 Å². The van der Waals surface area contributed by atoms with Gasteiger partial charge in [-0.05, 0) is 30.9 Å². The van der Waals surface area contributed by atoms with Gasteiger partial charge < -0.3 is 14.7 Å². The fraction of sp³-hybridized carbons (Fsp3) is 0.533. The van der Waals surface area contributed by atoms with Crippen LogP contribution in [-0.4, -0.2) is 47.8 Å². The topological polar surface area (TPSA) is 49.8 Å². The van der Waals surface area contributed by atoms with Gasteiger partial charge in [0.1, 0.15) is 0 Å². The molecule has 0 saturated carbocycles. The van der Waals surface area contributed by atoms with Crippen LogP contribution < -0.4 is 0 Å². The predicted octanol–water partition coefficient (Wildman–Crippen LogP) is 1.23. The van der Waals surface area contributed by atoms with Gasteiger partial charge in [0.25, 0.3) is 5.91 Å². The number of hydrogen-bond donors (Lipinski definition) is 1. The molecule has 4 nitrogen and oxygen atoms in total. The molecule has 0 unspecified atom stereocenters. The number of aliphatic hydroxyl groups excluding tert-OH is 1. The molecule has 0 aromatic heterocycles. The number of benzene rings is 1. The summed E-state index contributed by atoms with van der Waals surface area (Å²) in [4.78, 5) is 14.5. The number of fused-ring (bicyclic) bond motifs is 1. The van der Waals surface area contributed by atoms with Crippen molar-refractivity contribution < 1.29 is 14.6 Å². The average molecular weight is 261 g/mol. The summed E-state index contributed by atoms with van der Waals surface area (Å²) < 4.78 is 5.37. The molecule has 1 aromatic rings. The molecule has 2 aliphatic heterocycles. The molecule has 0 atom stereocenters. The Morgan fingerprint density at radius 2 is 2.00 bits per heavy atom. The largest absolute Gasteiger partial charge is 0.394 e. The smallest absolute Gasteiger partial charge is 0.254 e. The highest BCUT2D eigenvalue weighted by Crippen LogP contribution is 2.32. The maximum Gasteiger partial charge on any atom is 0.254 e. The molecule has 0 bridgehead atoms. The van der Waals surface area contributed by atoms with Crippen LogP contribution in [0, 0.1) is 0 Å². The average Bonchev–Trinajstić information content (AvgIpc) is 2.48. The third kappa shape index (κ3) is 2.05. The van der Waals surface area contributed by atoms with Gasteiger partial charge in [0, 0.05) is 25.3 Å². The normalized spacial score (nSPS) is 22.2. The zero-order valence-electron chi connectivity index (χ0n) is 11.0. The van der Waals surface area contributed by atoms with E-state index < -0.39 is 5.54 Å². The van der Waals surface area contributed by atoms with Crippen molar-refractivity contribution in [2.75, 3.05) is 26.4 Å². The minimum absolute atomic E-state index is 0.0181. The predicted molar refractivity (Wildman–Crippen MR) is 71.1 cm³/mol. The Labute approximate surface area is 113 Å². The molecule has 19 heavy (non-hydrogen) atoms. The Hall–Kier alpha value is -1.39. The lowest BCUT2D eigenvalue weighted by Gasteiger charge is -2.47. The molecule has 3 rings (SSSR count). The number of hydrogen-bond acceptors (Lipinski definition) is 3. The number of ether oxygens (including phenoxy) is 1. The van der Waals surface area contributed by atoms with E-state index in [9.17, 15) is 9.90 Å². The van der Waals surface area contributed by atoms with E-state index in [4.69, 9.17) is 4.74 Å². The van der Waals surface area contributed by atoms with Gasteiger partial charge >= 0.3 is 0 Å². The van der Waals surface area contributed by atoms with E-state index in [1.54, 1.807) is 0 Å². The van der Waals surface area contributed by atoms with Crippen LogP contribution >= 0.6 is 0 Å². The molecule has 1 fully saturated rings. The summed E-state index contributed by atoms with van der Waals surface area (Å²) in [6.07, 6.45) is 2.30. The summed E-state index contributed by atoms with van der Waals surface area (Å²) in [6, 6.07) is 7.77. The summed E-state index contributed by atoms with van der Waals surface area (Å²) in [7, 11) is 0. The first-order valence-electron chi connectivity index (χ1n) is 6.85. The molecule has 1 amide bonds. The second-order valence-electron chi connectivity index (χ2n) is 5.36. The van der Waals surface area contributed by atoms with Crippen LogP contribution in [0.3, 0.4) is 0 Å². The first kappa shape index (κ1) is 12.6. The van der Waals surface area contributed by atoms with Gasteiger partial charge in [0.2, 0.25) is 0 Å². The fourth-order valence-corrected chi connectivity index (χ4v) is 3.14. The minimum atomic E-state index is -0.428. The van der Waals surface area contributed by atoms with Gasteiger partial charge in [-0.2, -0.15) is 0 Å². The number of carbonyl (C=O) groups excluding carboxylic acids is 1. The van der Waals surface area contributed by atoms with Gasteiger partial charge in [-0.25, -0.2) is 0 Å². The van der Waals surface area contributed by atoms with Gasteiger partial charge in [0.05, 0.1) is 12.1 Å². The molecule has 0 aliphatic carbocycles. The van der Waals surface area contributed by atoms with Crippen LogP contribution in [0.2, 0.25) is 0 Å². The van der Waals surface area contributed by atoms with Crippen LogP contribution in [-0.2, 0) is 11.2 Å². The Morgan fingerprint density at radius 3 is 2.74 bits per heavy atom. The van der Waals surface area contributed by atoms with Crippen molar-refractivity contribution in [2.45, 2.75) is 24.8 Å². The number of nitrogens with zero attached hydrogens (tertiary/aromatic N) is 1. The highest BCUT2D eigenvalue weighted by Gasteiger charge is 2.42. The fourth-order valence-electron chi connectivity index (χ4n) is 3.14. The quantitative estimate of drug-likeness (QED) is 0.871. The van der Waals surface area contributed by atoms with Crippen molar-refractivity contribution in [3.63, 3.8) is 0 Å². The third-order valence-corrected chi connectivity index (χ3v) is 4.39. The van der Waals surface area contributed by atoms with Crippen molar-refractivity contribution in [1.82, 2.24) is 4.90 Å². The molecular weight excluding hydrogens is 242 g/mol. The van der Waals surface area contributed by atoms with Gasteiger partial charge in [-0.3, -0.25) is 4.79 Å². The van der Waals surface area contributed by atoms with Gasteiger partial charge in [-0.1, -0.05) is 18.2 Å². The second-order valence-corrected chi connectivity index (χ2v) is 5.36. The maximum absolute atomic E-state index is 12.7. The molecule has 1 aromatic carbocycles. The van der Waals surface area contributed by atoms with Crippen LogP contribution in [0.15, 0.2) is 24.3 Å². The maximum atomic E-state index is 12.7. The summed E-state index contributed by atoms with van der Waals surface area (Å²) in [6.45, 7) is 1.94. The second kappa shape index (κ2) is 4.94. The molecule has 0 spiro atoms. The zero-order chi connectivity index (χ0) is 13.3. The zero-order valence-corrected chi connectivity index (χ0v) is 11.0. The lowest BCUT2D eigenvalue weighted by molar-refractivity contribution is -0.0457. The SMILES string of the molecule is O=C1c2ccccc2CCN1C1(CO)CCOCC1. The number of carbonyl (C=O) groups is 1. The number of rotatable bonds is 2.